The Bertz CT molecular complexity index is 355. The number of ether oxygens (including phenoxy) is 1. The number of benzene rings is 1. The van der Waals surface area contributed by atoms with E-state index in [1.807, 2.05) is 0 Å². The van der Waals surface area contributed by atoms with Crippen molar-refractivity contribution in [2.24, 2.45) is 11.7 Å². The van der Waals surface area contributed by atoms with Crippen LogP contribution in [0.5, 0.6) is 5.75 Å². The molecule has 0 heterocycles. The summed E-state index contributed by atoms with van der Waals surface area (Å²) < 4.78 is 18.6. The van der Waals surface area contributed by atoms with Gasteiger partial charge in [0.05, 0.1) is 12.8 Å². The van der Waals surface area contributed by atoms with Crippen LogP contribution in [0, 0.1) is 11.7 Å². The quantitative estimate of drug-likeness (QED) is 0.803. The lowest BCUT2D eigenvalue weighted by Crippen LogP contribution is -2.30. The molecule has 0 fully saturated rings. The van der Waals surface area contributed by atoms with Gasteiger partial charge in [0.1, 0.15) is 11.6 Å². The summed E-state index contributed by atoms with van der Waals surface area (Å²) in [5, 5.41) is 3.12. The Morgan fingerprint density at radius 1 is 1.41 bits per heavy atom. The maximum absolute atomic E-state index is 13.6. The van der Waals surface area contributed by atoms with E-state index in [9.17, 15) is 4.39 Å². The van der Waals surface area contributed by atoms with Crippen molar-refractivity contribution in [1.29, 1.82) is 0 Å². The number of methoxy groups -OCH3 is 1. The van der Waals surface area contributed by atoms with Gasteiger partial charge >= 0.3 is 0 Å². The van der Waals surface area contributed by atoms with Crippen molar-refractivity contribution in [3.05, 3.63) is 24.0 Å². The Morgan fingerprint density at radius 3 is 2.65 bits per heavy atom. The van der Waals surface area contributed by atoms with Crippen LogP contribution in [-0.4, -0.2) is 19.7 Å². The molecule has 1 rings (SSSR count). The molecule has 1 atom stereocenters. The van der Waals surface area contributed by atoms with Gasteiger partial charge in [-0.3, -0.25) is 0 Å². The Hall–Kier alpha value is -1.29. The molecule has 1 aromatic rings. The highest BCUT2D eigenvalue weighted by Crippen LogP contribution is 2.22. The van der Waals surface area contributed by atoms with Crippen LogP contribution < -0.4 is 15.8 Å². The van der Waals surface area contributed by atoms with Gasteiger partial charge in [-0.2, -0.15) is 0 Å². The van der Waals surface area contributed by atoms with Gasteiger partial charge in [-0.15, -0.1) is 0 Å². The minimum Gasteiger partial charge on any atom is -0.497 e. The third-order valence-corrected chi connectivity index (χ3v) is 2.57. The minimum absolute atomic E-state index is 0.0802. The second kappa shape index (κ2) is 6.45. The first-order chi connectivity index (χ1) is 8.06. The molecule has 4 heteroatoms. The van der Waals surface area contributed by atoms with Crippen LogP contribution in [0.3, 0.4) is 0 Å². The SMILES string of the molecule is COc1ccc(F)c(NC(CN)CC(C)C)c1. The molecule has 17 heavy (non-hydrogen) atoms. The van der Waals surface area contributed by atoms with E-state index >= 15 is 0 Å². The second-order valence-corrected chi connectivity index (χ2v) is 4.55. The molecule has 0 saturated heterocycles. The molecule has 0 spiro atoms. The normalized spacial score (nSPS) is 12.6. The summed E-state index contributed by atoms with van der Waals surface area (Å²) in [7, 11) is 1.56. The smallest absolute Gasteiger partial charge is 0.146 e. The Kier molecular flexibility index (Phi) is 5.22. The minimum atomic E-state index is -0.284. The van der Waals surface area contributed by atoms with E-state index in [1.165, 1.54) is 6.07 Å². The zero-order valence-corrected chi connectivity index (χ0v) is 10.7. The van der Waals surface area contributed by atoms with Crippen molar-refractivity contribution in [2.45, 2.75) is 26.3 Å². The van der Waals surface area contributed by atoms with Gasteiger partial charge in [-0.05, 0) is 24.5 Å². The van der Waals surface area contributed by atoms with E-state index < -0.39 is 0 Å². The predicted octanol–water partition coefficient (Wildman–Crippen LogP) is 2.62. The van der Waals surface area contributed by atoms with Crippen molar-refractivity contribution < 1.29 is 9.13 Å². The van der Waals surface area contributed by atoms with Crippen LogP contribution in [-0.2, 0) is 0 Å². The van der Waals surface area contributed by atoms with E-state index in [0.717, 1.165) is 6.42 Å². The third kappa shape index (κ3) is 4.23. The molecule has 3 N–H and O–H groups in total. The highest BCUT2D eigenvalue weighted by atomic mass is 19.1. The summed E-state index contributed by atoms with van der Waals surface area (Å²) in [5.74, 6) is 0.868. The highest BCUT2D eigenvalue weighted by Gasteiger charge is 2.12. The van der Waals surface area contributed by atoms with Crippen molar-refractivity contribution >= 4 is 5.69 Å². The van der Waals surface area contributed by atoms with E-state index in [1.54, 1.807) is 19.2 Å². The molecule has 0 amide bonds. The van der Waals surface area contributed by atoms with Crippen LogP contribution in [0.2, 0.25) is 0 Å². The fourth-order valence-corrected chi connectivity index (χ4v) is 1.74. The monoisotopic (exact) mass is 240 g/mol. The topological polar surface area (TPSA) is 47.3 Å². The average molecular weight is 240 g/mol. The average Bonchev–Trinajstić information content (AvgIpc) is 2.30. The summed E-state index contributed by atoms with van der Waals surface area (Å²) in [6, 6.07) is 4.72. The Morgan fingerprint density at radius 2 is 2.12 bits per heavy atom. The second-order valence-electron chi connectivity index (χ2n) is 4.55. The molecular weight excluding hydrogens is 219 g/mol. The molecule has 0 aliphatic rings. The fourth-order valence-electron chi connectivity index (χ4n) is 1.74. The first-order valence-electron chi connectivity index (χ1n) is 5.87. The van der Waals surface area contributed by atoms with Gasteiger partial charge in [-0.1, -0.05) is 13.8 Å². The van der Waals surface area contributed by atoms with Gasteiger partial charge < -0.3 is 15.8 Å². The van der Waals surface area contributed by atoms with Gasteiger partial charge in [0.15, 0.2) is 0 Å². The highest BCUT2D eigenvalue weighted by molar-refractivity contribution is 5.50. The first kappa shape index (κ1) is 13.8. The van der Waals surface area contributed by atoms with Crippen molar-refractivity contribution in [3.8, 4) is 5.75 Å². The zero-order valence-electron chi connectivity index (χ0n) is 10.7. The lowest BCUT2D eigenvalue weighted by atomic mass is 10.0. The van der Waals surface area contributed by atoms with E-state index in [4.69, 9.17) is 10.5 Å². The van der Waals surface area contributed by atoms with Gasteiger partial charge in [0, 0.05) is 18.7 Å². The van der Waals surface area contributed by atoms with Crippen LogP contribution >= 0.6 is 0 Å². The number of hydrogen-bond acceptors (Lipinski definition) is 3. The Labute approximate surface area is 102 Å². The number of nitrogens with one attached hydrogen (secondary N) is 1. The maximum Gasteiger partial charge on any atom is 0.146 e. The summed E-state index contributed by atoms with van der Waals surface area (Å²) in [6.45, 7) is 4.72. The molecule has 3 nitrogen and oxygen atoms in total. The lowest BCUT2D eigenvalue weighted by molar-refractivity contribution is 0.413. The molecule has 0 aromatic heterocycles. The standard InChI is InChI=1S/C13H21FN2O/c1-9(2)6-10(8-15)16-13-7-11(17-3)4-5-12(13)14/h4-5,7,9-10,16H,6,8,15H2,1-3H3. The summed E-state index contributed by atoms with van der Waals surface area (Å²) in [5.41, 5.74) is 6.12. The summed E-state index contributed by atoms with van der Waals surface area (Å²) in [4.78, 5) is 0. The molecule has 96 valence electrons. The van der Waals surface area contributed by atoms with Crippen LogP contribution in [0.15, 0.2) is 18.2 Å². The molecule has 1 unspecified atom stereocenters. The third-order valence-electron chi connectivity index (χ3n) is 2.57. The van der Waals surface area contributed by atoms with E-state index in [0.29, 0.717) is 23.9 Å². The molecule has 0 saturated carbocycles. The number of hydrogen-bond donors (Lipinski definition) is 2. The van der Waals surface area contributed by atoms with Crippen molar-refractivity contribution in [1.82, 2.24) is 0 Å². The van der Waals surface area contributed by atoms with E-state index in [-0.39, 0.29) is 11.9 Å². The van der Waals surface area contributed by atoms with Crippen LogP contribution in [0.1, 0.15) is 20.3 Å². The molecule has 0 aliphatic carbocycles. The van der Waals surface area contributed by atoms with Crippen LogP contribution in [0.4, 0.5) is 10.1 Å². The number of anilines is 1. The maximum atomic E-state index is 13.6. The molecule has 0 radical (unpaired) electrons. The van der Waals surface area contributed by atoms with E-state index in [2.05, 4.69) is 19.2 Å². The fraction of sp³-hybridized carbons (Fsp3) is 0.538. The molecule has 0 aliphatic heterocycles. The van der Waals surface area contributed by atoms with Gasteiger partial charge in [0.25, 0.3) is 0 Å². The van der Waals surface area contributed by atoms with Gasteiger partial charge in [-0.25, -0.2) is 4.39 Å². The Balaban J connectivity index is 2.77. The van der Waals surface area contributed by atoms with Crippen LogP contribution in [0.25, 0.3) is 0 Å². The number of nitrogens with two attached hydrogens (primary N) is 1. The van der Waals surface area contributed by atoms with Gasteiger partial charge in [0.2, 0.25) is 0 Å². The summed E-state index contributed by atoms with van der Waals surface area (Å²) in [6.07, 6.45) is 0.910. The zero-order chi connectivity index (χ0) is 12.8. The number of halogens is 1. The summed E-state index contributed by atoms with van der Waals surface area (Å²) >= 11 is 0. The molecule has 0 bridgehead atoms. The predicted molar refractivity (Wildman–Crippen MR) is 68.9 cm³/mol. The molecule has 1 aromatic carbocycles. The first-order valence-corrected chi connectivity index (χ1v) is 5.87. The lowest BCUT2D eigenvalue weighted by Gasteiger charge is -2.20. The van der Waals surface area contributed by atoms with Crippen molar-refractivity contribution in [3.63, 3.8) is 0 Å². The number of rotatable bonds is 6. The van der Waals surface area contributed by atoms with Crippen molar-refractivity contribution in [2.75, 3.05) is 19.0 Å². The molecular formula is C13H21FN2O. The largest absolute Gasteiger partial charge is 0.497 e.